The largest absolute Gasteiger partial charge is 0.354 e. The number of benzene rings is 2. The minimum absolute atomic E-state index is 0.275. The van der Waals surface area contributed by atoms with Gasteiger partial charge < -0.3 is 19.7 Å². The lowest BCUT2D eigenvalue weighted by atomic mass is 10.2. The molecule has 0 atom stereocenters. The molecular weight excluding hydrogens is 479 g/mol. The fourth-order valence-electron chi connectivity index (χ4n) is 4.17. The molecule has 9 heteroatoms. The normalized spacial score (nSPS) is 13.6. The molecule has 5 rings (SSSR count). The topological polar surface area (TPSA) is 66.3 Å². The van der Waals surface area contributed by atoms with Crippen LogP contribution in [0.5, 0.6) is 0 Å². The number of anilines is 2. The Morgan fingerprint density at radius 1 is 0.972 bits per heavy atom. The van der Waals surface area contributed by atoms with E-state index in [1.807, 2.05) is 41.0 Å². The fourth-order valence-corrected chi connectivity index (χ4v) is 4.30. The summed E-state index contributed by atoms with van der Waals surface area (Å²) in [4.78, 5) is 26.4. The Bertz CT molecular complexity index is 1300. The number of pyridine rings is 1. The zero-order valence-electron chi connectivity index (χ0n) is 19.6. The highest BCUT2D eigenvalue weighted by Gasteiger charge is 2.21. The fraction of sp³-hybridized carbons (Fsp3) is 0.222. The van der Waals surface area contributed by atoms with Crippen molar-refractivity contribution in [1.29, 1.82) is 0 Å². The van der Waals surface area contributed by atoms with Crippen molar-refractivity contribution in [2.75, 3.05) is 36.0 Å². The number of carbonyl (C=O) groups excluding carboxylic acids is 1. The molecule has 2 aromatic carbocycles. The first-order valence-corrected chi connectivity index (χ1v) is 12.2. The number of hydrogen-bond donors (Lipinski definition) is 1. The second-order valence-electron chi connectivity index (χ2n) is 8.69. The van der Waals surface area contributed by atoms with E-state index in [9.17, 15) is 9.18 Å². The van der Waals surface area contributed by atoms with Crippen LogP contribution in [-0.4, -0.2) is 46.6 Å². The molecule has 1 aliphatic rings. The maximum Gasteiger partial charge on any atom is 0.278 e. The number of piperazine rings is 1. The van der Waals surface area contributed by atoms with E-state index in [1.54, 1.807) is 35.8 Å². The van der Waals surface area contributed by atoms with Gasteiger partial charge in [-0.1, -0.05) is 29.8 Å². The van der Waals surface area contributed by atoms with E-state index in [1.165, 1.54) is 12.1 Å². The monoisotopic (exact) mass is 504 g/mol. The summed E-state index contributed by atoms with van der Waals surface area (Å²) in [6.45, 7) is 4.52. The minimum atomic E-state index is -0.361. The Kier molecular flexibility index (Phi) is 7.25. The van der Waals surface area contributed by atoms with Gasteiger partial charge in [-0.3, -0.25) is 4.79 Å². The first-order chi connectivity index (χ1) is 17.5. The van der Waals surface area contributed by atoms with Crippen molar-refractivity contribution in [3.05, 3.63) is 107 Å². The Labute approximate surface area is 214 Å². The Balaban J connectivity index is 1.36. The number of nitrogens with one attached hydrogen (secondary N) is 1. The van der Waals surface area contributed by atoms with Crippen LogP contribution in [0.1, 0.15) is 21.6 Å². The molecule has 1 fully saturated rings. The Morgan fingerprint density at radius 3 is 2.39 bits per heavy atom. The van der Waals surface area contributed by atoms with Crippen LogP contribution in [0.25, 0.3) is 0 Å². The third-order valence-corrected chi connectivity index (χ3v) is 6.36. The molecule has 2 aromatic heterocycles. The van der Waals surface area contributed by atoms with E-state index in [0.29, 0.717) is 22.9 Å². The molecule has 184 valence electrons. The summed E-state index contributed by atoms with van der Waals surface area (Å²) in [5.41, 5.74) is 2.80. The Morgan fingerprint density at radius 2 is 1.69 bits per heavy atom. The van der Waals surface area contributed by atoms with Gasteiger partial charge in [-0.15, -0.1) is 0 Å². The quantitative estimate of drug-likeness (QED) is 0.405. The van der Waals surface area contributed by atoms with Gasteiger partial charge >= 0.3 is 0 Å². The summed E-state index contributed by atoms with van der Waals surface area (Å²) in [6.07, 6.45) is 5.15. The molecule has 7 nitrogen and oxygen atoms in total. The number of nitrogens with zero attached hydrogens (tertiary/aromatic N) is 5. The number of carbonyl (C=O) groups is 1. The van der Waals surface area contributed by atoms with E-state index in [-0.39, 0.29) is 18.3 Å². The van der Waals surface area contributed by atoms with Crippen molar-refractivity contribution in [3.63, 3.8) is 0 Å². The van der Waals surface area contributed by atoms with Crippen LogP contribution in [0.2, 0.25) is 5.02 Å². The summed E-state index contributed by atoms with van der Waals surface area (Å²) in [5, 5.41) is 4.01. The molecular formula is C27H26ClFN6O. The lowest BCUT2D eigenvalue weighted by Gasteiger charge is -2.28. The van der Waals surface area contributed by atoms with Crippen LogP contribution in [0.15, 0.2) is 79.4 Å². The first-order valence-electron chi connectivity index (χ1n) is 11.8. The third-order valence-electron chi connectivity index (χ3n) is 6.11. The second-order valence-corrected chi connectivity index (χ2v) is 9.12. The molecule has 36 heavy (non-hydrogen) atoms. The maximum atomic E-state index is 13.6. The van der Waals surface area contributed by atoms with Crippen molar-refractivity contribution >= 4 is 29.0 Å². The number of imidazole rings is 1. The minimum Gasteiger partial charge on any atom is -0.354 e. The van der Waals surface area contributed by atoms with Crippen molar-refractivity contribution in [3.8, 4) is 0 Å². The lowest BCUT2D eigenvalue weighted by molar-refractivity contribution is 0.0980. The van der Waals surface area contributed by atoms with E-state index in [4.69, 9.17) is 11.6 Å². The van der Waals surface area contributed by atoms with E-state index >= 15 is 0 Å². The highest BCUT2D eigenvalue weighted by molar-refractivity contribution is 6.30. The molecule has 0 spiro atoms. The second kappa shape index (κ2) is 10.9. The smallest absolute Gasteiger partial charge is 0.278 e. The lowest BCUT2D eigenvalue weighted by Crippen LogP contribution is -2.43. The van der Waals surface area contributed by atoms with Crippen molar-refractivity contribution < 1.29 is 9.18 Å². The van der Waals surface area contributed by atoms with Crippen LogP contribution in [0.3, 0.4) is 0 Å². The number of rotatable bonds is 7. The molecule has 1 amide bonds. The summed E-state index contributed by atoms with van der Waals surface area (Å²) < 4.78 is 15.5. The van der Waals surface area contributed by atoms with Crippen LogP contribution in [0.4, 0.5) is 15.9 Å². The molecule has 0 bridgehead atoms. The molecule has 0 saturated carbocycles. The summed E-state index contributed by atoms with van der Waals surface area (Å²) in [5.74, 6) is 0.281. The summed E-state index contributed by atoms with van der Waals surface area (Å²) in [6, 6.07) is 17.4. The summed E-state index contributed by atoms with van der Waals surface area (Å²) in [7, 11) is 0. The molecule has 1 aliphatic heterocycles. The van der Waals surface area contributed by atoms with Gasteiger partial charge in [-0.05, 0) is 53.6 Å². The van der Waals surface area contributed by atoms with Gasteiger partial charge in [0, 0.05) is 55.8 Å². The van der Waals surface area contributed by atoms with Crippen LogP contribution in [0, 0.1) is 5.82 Å². The van der Waals surface area contributed by atoms with Crippen LogP contribution < -0.4 is 15.1 Å². The van der Waals surface area contributed by atoms with E-state index < -0.39 is 0 Å². The van der Waals surface area contributed by atoms with E-state index in [0.717, 1.165) is 43.1 Å². The number of amides is 1. The average Bonchev–Trinajstić information content (AvgIpc) is 3.38. The Hall–Kier alpha value is -3.75. The molecule has 4 aromatic rings. The molecule has 3 heterocycles. The molecule has 1 N–H and O–H groups in total. The highest BCUT2D eigenvalue weighted by Crippen LogP contribution is 2.22. The number of halogens is 2. The zero-order valence-corrected chi connectivity index (χ0v) is 20.4. The van der Waals surface area contributed by atoms with Crippen molar-refractivity contribution in [2.24, 2.45) is 0 Å². The maximum absolute atomic E-state index is 13.6. The van der Waals surface area contributed by atoms with Crippen LogP contribution >= 0.6 is 11.6 Å². The van der Waals surface area contributed by atoms with Gasteiger partial charge in [0.15, 0.2) is 0 Å². The molecule has 0 aliphatic carbocycles. The first kappa shape index (κ1) is 24.0. The van der Waals surface area contributed by atoms with Gasteiger partial charge in [0.1, 0.15) is 17.3 Å². The van der Waals surface area contributed by atoms with Gasteiger partial charge in [0.05, 0.1) is 12.9 Å². The number of aromatic nitrogens is 3. The van der Waals surface area contributed by atoms with Crippen LogP contribution in [-0.2, 0) is 13.1 Å². The van der Waals surface area contributed by atoms with E-state index in [2.05, 4.69) is 20.2 Å². The predicted molar refractivity (Wildman–Crippen MR) is 139 cm³/mol. The van der Waals surface area contributed by atoms with Crippen molar-refractivity contribution in [1.82, 2.24) is 19.9 Å². The summed E-state index contributed by atoms with van der Waals surface area (Å²) >= 11 is 5.98. The van der Waals surface area contributed by atoms with Gasteiger partial charge in [-0.2, -0.15) is 0 Å². The third kappa shape index (κ3) is 5.72. The van der Waals surface area contributed by atoms with Gasteiger partial charge in [0.25, 0.3) is 5.91 Å². The SMILES string of the molecule is O=C(c1cn(Cc2ccc(Cl)cc2)cn1)N(Cc1ccc(N2CCNCC2)nc1)c1ccc(F)cc1. The standard InChI is InChI=1S/C27H26ClFN6O/c28-22-4-1-20(2-5-22)16-33-18-25(32-19-33)27(36)35(24-8-6-23(29)7-9-24)17-21-3-10-26(31-15-21)34-13-11-30-12-14-34/h1-10,15,18-19,30H,11-14,16-17H2. The van der Waals surface area contributed by atoms with Gasteiger partial charge in [0.2, 0.25) is 0 Å². The molecule has 0 radical (unpaired) electrons. The van der Waals surface area contributed by atoms with Crippen molar-refractivity contribution in [2.45, 2.75) is 13.1 Å². The predicted octanol–water partition coefficient (Wildman–Crippen LogP) is 4.38. The number of hydrogen-bond acceptors (Lipinski definition) is 5. The molecule has 0 unspecified atom stereocenters. The highest BCUT2D eigenvalue weighted by atomic mass is 35.5. The van der Waals surface area contributed by atoms with Gasteiger partial charge in [-0.25, -0.2) is 14.4 Å². The zero-order chi connectivity index (χ0) is 24.9. The molecule has 1 saturated heterocycles. The average molecular weight is 505 g/mol.